The summed E-state index contributed by atoms with van der Waals surface area (Å²) in [5.41, 5.74) is 5.94. The first-order valence-electron chi connectivity index (χ1n) is 6.26. The van der Waals surface area contributed by atoms with Crippen molar-refractivity contribution in [2.24, 2.45) is 0 Å². The SMILES string of the molecule is CCOC(=O)c1cc(N)cc(Cl)c1OC(C)(C)CC. The first-order valence-corrected chi connectivity index (χ1v) is 6.63. The third kappa shape index (κ3) is 4.03. The summed E-state index contributed by atoms with van der Waals surface area (Å²) in [5, 5.41) is 0.310. The maximum Gasteiger partial charge on any atom is 0.342 e. The lowest BCUT2D eigenvalue weighted by molar-refractivity contribution is 0.0507. The van der Waals surface area contributed by atoms with E-state index in [9.17, 15) is 4.79 Å². The van der Waals surface area contributed by atoms with Gasteiger partial charge in [0.25, 0.3) is 0 Å². The summed E-state index contributed by atoms with van der Waals surface area (Å²) in [5.74, 6) is -0.167. The van der Waals surface area contributed by atoms with E-state index >= 15 is 0 Å². The number of anilines is 1. The van der Waals surface area contributed by atoms with Gasteiger partial charge in [-0.1, -0.05) is 18.5 Å². The molecule has 0 spiro atoms. The molecule has 0 atom stereocenters. The highest BCUT2D eigenvalue weighted by Crippen LogP contribution is 2.35. The molecule has 0 fully saturated rings. The number of hydrogen-bond donors (Lipinski definition) is 1. The summed E-state index contributed by atoms with van der Waals surface area (Å²) in [7, 11) is 0. The molecule has 0 amide bonds. The van der Waals surface area contributed by atoms with Crippen molar-refractivity contribution in [3.05, 3.63) is 22.7 Å². The molecule has 0 bridgehead atoms. The Morgan fingerprint density at radius 1 is 1.37 bits per heavy atom. The molecule has 1 aromatic rings. The molecule has 1 aromatic carbocycles. The lowest BCUT2D eigenvalue weighted by Crippen LogP contribution is -2.28. The van der Waals surface area contributed by atoms with Gasteiger partial charge in [0.2, 0.25) is 0 Å². The van der Waals surface area contributed by atoms with Gasteiger partial charge in [-0.3, -0.25) is 0 Å². The van der Waals surface area contributed by atoms with E-state index in [-0.39, 0.29) is 12.2 Å². The topological polar surface area (TPSA) is 61.5 Å². The summed E-state index contributed by atoms with van der Waals surface area (Å²) in [6.45, 7) is 7.86. The van der Waals surface area contributed by atoms with Crippen LogP contribution in [-0.2, 0) is 4.74 Å². The monoisotopic (exact) mass is 285 g/mol. The van der Waals surface area contributed by atoms with Gasteiger partial charge in [-0.05, 0) is 39.3 Å². The molecule has 19 heavy (non-hydrogen) atoms. The number of ether oxygens (including phenoxy) is 2. The molecular formula is C14H20ClNO3. The largest absolute Gasteiger partial charge is 0.485 e. The van der Waals surface area contributed by atoms with Crippen molar-refractivity contribution in [3.63, 3.8) is 0 Å². The fourth-order valence-corrected chi connectivity index (χ4v) is 1.69. The van der Waals surface area contributed by atoms with Crippen molar-refractivity contribution in [3.8, 4) is 5.75 Å². The van der Waals surface area contributed by atoms with Crippen molar-refractivity contribution in [1.29, 1.82) is 0 Å². The van der Waals surface area contributed by atoms with Gasteiger partial charge in [0.05, 0.1) is 11.6 Å². The van der Waals surface area contributed by atoms with E-state index in [1.807, 2.05) is 20.8 Å². The molecule has 0 aliphatic rings. The van der Waals surface area contributed by atoms with Crippen LogP contribution in [0.3, 0.4) is 0 Å². The maximum absolute atomic E-state index is 11.9. The molecule has 0 unspecified atom stereocenters. The van der Waals surface area contributed by atoms with Crippen molar-refractivity contribution in [2.75, 3.05) is 12.3 Å². The molecule has 0 heterocycles. The summed E-state index contributed by atoms with van der Waals surface area (Å²) < 4.78 is 10.8. The minimum absolute atomic E-state index is 0.258. The van der Waals surface area contributed by atoms with Crippen LogP contribution < -0.4 is 10.5 Å². The normalized spacial score (nSPS) is 11.2. The molecule has 0 radical (unpaired) electrons. The Labute approximate surface area is 118 Å². The molecule has 4 nitrogen and oxygen atoms in total. The number of rotatable bonds is 5. The van der Waals surface area contributed by atoms with Gasteiger partial charge in [0.15, 0.2) is 5.75 Å². The lowest BCUT2D eigenvalue weighted by Gasteiger charge is -2.26. The van der Waals surface area contributed by atoms with Gasteiger partial charge in [-0.2, -0.15) is 0 Å². The summed E-state index contributed by atoms with van der Waals surface area (Å²) >= 11 is 6.13. The Bertz CT molecular complexity index is 472. The molecule has 2 N–H and O–H groups in total. The van der Waals surface area contributed by atoms with E-state index in [2.05, 4.69) is 0 Å². The Morgan fingerprint density at radius 2 is 2.00 bits per heavy atom. The highest BCUT2D eigenvalue weighted by molar-refractivity contribution is 6.33. The van der Waals surface area contributed by atoms with Crippen LogP contribution in [0.4, 0.5) is 5.69 Å². The number of nitrogens with two attached hydrogens (primary N) is 1. The van der Waals surface area contributed by atoms with Gasteiger partial charge >= 0.3 is 5.97 Å². The molecule has 1 rings (SSSR count). The van der Waals surface area contributed by atoms with Gasteiger partial charge in [0, 0.05) is 5.69 Å². The second-order valence-corrected chi connectivity index (χ2v) is 5.22. The van der Waals surface area contributed by atoms with E-state index < -0.39 is 11.6 Å². The standard InChI is InChI=1S/C14H20ClNO3/c1-5-14(3,4)19-12-10(13(17)18-6-2)7-9(16)8-11(12)15/h7-8H,5-6,16H2,1-4H3. The predicted molar refractivity (Wildman–Crippen MR) is 76.8 cm³/mol. The molecule has 0 saturated carbocycles. The van der Waals surface area contributed by atoms with Crippen LogP contribution >= 0.6 is 11.6 Å². The van der Waals surface area contributed by atoms with Crippen molar-refractivity contribution in [1.82, 2.24) is 0 Å². The van der Waals surface area contributed by atoms with Crippen LogP contribution in [0.5, 0.6) is 5.75 Å². The first-order chi connectivity index (χ1) is 8.80. The third-order valence-corrected chi connectivity index (χ3v) is 3.07. The predicted octanol–water partition coefficient (Wildman–Crippen LogP) is 3.67. The van der Waals surface area contributed by atoms with Crippen LogP contribution in [0.15, 0.2) is 12.1 Å². The second-order valence-electron chi connectivity index (χ2n) is 4.82. The number of esters is 1. The van der Waals surface area contributed by atoms with Gasteiger partial charge in [0.1, 0.15) is 11.2 Å². The smallest absolute Gasteiger partial charge is 0.342 e. The number of halogens is 1. The van der Waals surface area contributed by atoms with Crippen LogP contribution in [-0.4, -0.2) is 18.2 Å². The molecule has 0 saturated heterocycles. The number of hydrogen-bond acceptors (Lipinski definition) is 4. The van der Waals surface area contributed by atoms with E-state index in [4.69, 9.17) is 26.8 Å². The average Bonchev–Trinajstić information content (AvgIpc) is 2.32. The zero-order chi connectivity index (χ0) is 14.6. The Hall–Kier alpha value is -1.42. The highest BCUT2D eigenvalue weighted by Gasteiger charge is 2.24. The Balaban J connectivity index is 3.24. The van der Waals surface area contributed by atoms with Gasteiger partial charge in [-0.15, -0.1) is 0 Å². The fourth-order valence-electron chi connectivity index (χ4n) is 1.43. The Morgan fingerprint density at radius 3 is 2.53 bits per heavy atom. The zero-order valence-corrected chi connectivity index (χ0v) is 12.5. The highest BCUT2D eigenvalue weighted by atomic mass is 35.5. The number of carbonyl (C=O) groups is 1. The molecule has 5 heteroatoms. The summed E-state index contributed by atoms with van der Waals surface area (Å²) in [6.07, 6.45) is 0.774. The number of carbonyl (C=O) groups excluding carboxylic acids is 1. The second kappa shape index (κ2) is 6.15. The third-order valence-electron chi connectivity index (χ3n) is 2.79. The number of nitrogen functional groups attached to an aromatic ring is 1. The fraction of sp³-hybridized carbons (Fsp3) is 0.500. The molecule has 106 valence electrons. The van der Waals surface area contributed by atoms with Gasteiger partial charge in [-0.25, -0.2) is 4.79 Å². The van der Waals surface area contributed by atoms with Crippen molar-refractivity contribution < 1.29 is 14.3 Å². The van der Waals surface area contributed by atoms with Gasteiger partial charge < -0.3 is 15.2 Å². The quantitative estimate of drug-likeness (QED) is 0.662. The van der Waals surface area contributed by atoms with E-state index in [0.29, 0.717) is 16.5 Å². The van der Waals surface area contributed by atoms with Crippen molar-refractivity contribution >= 4 is 23.3 Å². The number of benzene rings is 1. The van der Waals surface area contributed by atoms with Crippen LogP contribution in [0.1, 0.15) is 44.5 Å². The molecule has 0 aromatic heterocycles. The van der Waals surface area contributed by atoms with Crippen molar-refractivity contribution in [2.45, 2.75) is 39.7 Å². The maximum atomic E-state index is 11.9. The van der Waals surface area contributed by atoms with E-state index in [1.54, 1.807) is 13.0 Å². The van der Waals surface area contributed by atoms with Crippen LogP contribution in [0.25, 0.3) is 0 Å². The average molecular weight is 286 g/mol. The van der Waals surface area contributed by atoms with Crippen LogP contribution in [0.2, 0.25) is 5.02 Å². The lowest BCUT2D eigenvalue weighted by atomic mass is 10.1. The van der Waals surface area contributed by atoms with Crippen LogP contribution in [0, 0.1) is 0 Å². The minimum atomic E-state index is -0.487. The molecule has 0 aliphatic heterocycles. The molecular weight excluding hydrogens is 266 g/mol. The summed E-state index contributed by atoms with van der Waals surface area (Å²) in [6, 6.07) is 3.08. The molecule has 0 aliphatic carbocycles. The summed E-state index contributed by atoms with van der Waals surface area (Å²) in [4.78, 5) is 11.9. The first kappa shape index (κ1) is 15.6. The minimum Gasteiger partial charge on any atom is -0.485 e. The Kier molecular flexibility index (Phi) is 5.06. The zero-order valence-electron chi connectivity index (χ0n) is 11.7. The van der Waals surface area contributed by atoms with E-state index in [0.717, 1.165) is 6.42 Å². The van der Waals surface area contributed by atoms with E-state index in [1.165, 1.54) is 6.07 Å².